The highest BCUT2D eigenvalue weighted by Gasteiger charge is 2.31. The molecule has 1 saturated carbocycles. The van der Waals surface area contributed by atoms with Gasteiger partial charge in [-0.3, -0.25) is 9.36 Å². The quantitative estimate of drug-likeness (QED) is 0.753. The van der Waals surface area contributed by atoms with Gasteiger partial charge in [-0.25, -0.2) is 9.89 Å². The van der Waals surface area contributed by atoms with Crippen molar-refractivity contribution in [1.29, 1.82) is 0 Å². The molecule has 7 nitrogen and oxygen atoms in total. The number of nitrogens with zero attached hydrogens (tertiary/aromatic N) is 3. The lowest BCUT2D eigenvalue weighted by molar-refractivity contribution is -0.130. The first-order valence-electron chi connectivity index (χ1n) is 7.00. The van der Waals surface area contributed by atoms with Crippen molar-refractivity contribution in [2.75, 3.05) is 26.2 Å². The smallest absolute Gasteiger partial charge is 0.339 e. The van der Waals surface area contributed by atoms with E-state index in [1.54, 1.807) is 4.57 Å². The lowest BCUT2D eigenvalue weighted by atomic mass is 10.3. The third-order valence-electron chi connectivity index (χ3n) is 3.64. The van der Waals surface area contributed by atoms with Gasteiger partial charge in [0.15, 0.2) is 5.16 Å². The van der Waals surface area contributed by atoms with Crippen LogP contribution in [0.15, 0.2) is 9.95 Å². The number of aromatic nitrogens is 3. The van der Waals surface area contributed by atoms with E-state index in [9.17, 15) is 9.59 Å². The van der Waals surface area contributed by atoms with Gasteiger partial charge in [0.05, 0.1) is 5.25 Å². The molecule has 0 aromatic carbocycles. The summed E-state index contributed by atoms with van der Waals surface area (Å²) in [7, 11) is 0. The maximum atomic E-state index is 12.4. The van der Waals surface area contributed by atoms with Crippen LogP contribution in [0, 0.1) is 0 Å². The van der Waals surface area contributed by atoms with Crippen LogP contribution >= 0.6 is 11.8 Å². The average Bonchev–Trinajstić information content (AvgIpc) is 3.24. The Morgan fingerprint density at radius 3 is 2.75 bits per heavy atom. The number of hydrogen-bond donors (Lipinski definition) is 2. The average molecular weight is 297 g/mol. The van der Waals surface area contributed by atoms with E-state index < -0.39 is 0 Å². The van der Waals surface area contributed by atoms with E-state index in [-0.39, 0.29) is 22.9 Å². The molecule has 0 radical (unpaired) electrons. The number of thioether (sulfide) groups is 1. The van der Waals surface area contributed by atoms with Gasteiger partial charge in [-0.15, -0.1) is 5.10 Å². The van der Waals surface area contributed by atoms with E-state index in [0.717, 1.165) is 39.0 Å². The minimum absolute atomic E-state index is 0.120. The molecule has 2 aliphatic rings. The van der Waals surface area contributed by atoms with E-state index in [1.165, 1.54) is 11.8 Å². The van der Waals surface area contributed by atoms with E-state index in [1.807, 2.05) is 11.8 Å². The molecular weight excluding hydrogens is 278 g/mol. The third-order valence-corrected chi connectivity index (χ3v) is 4.70. The highest BCUT2D eigenvalue weighted by Crippen LogP contribution is 2.36. The predicted octanol–water partition coefficient (Wildman–Crippen LogP) is -0.181. The number of carbonyl (C=O) groups excluding carboxylic acids is 1. The molecule has 2 fully saturated rings. The normalized spacial score (nSPS) is 20.9. The molecule has 1 aromatic rings. The number of aromatic amines is 1. The molecule has 110 valence electrons. The van der Waals surface area contributed by atoms with Gasteiger partial charge in [0.1, 0.15) is 0 Å². The first-order chi connectivity index (χ1) is 9.66. The SMILES string of the molecule is CC(Sc1n[nH]c(=O)n1C1CC1)C(=O)N1CCNCC1. The molecule has 3 rings (SSSR count). The second-order valence-corrected chi connectivity index (χ2v) is 6.56. The van der Waals surface area contributed by atoms with Crippen LogP contribution in [-0.2, 0) is 4.79 Å². The standard InChI is InChI=1S/C12H19N5O2S/c1-8(10(18)16-6-4-13-5-7-16)20-12-15-14-11(19)17(12)9-2-3-9/h8-9,13H,2-7H2,1H3,(H,14,19). The summed E-state index contributed by atoms with van der Waals surface area (Å²) in [4.78, 5) is 25.9. The number of H-pyrrole nitrogens is 1. The molecule has 1 aliphatic heterocycles. The molecule has 2 heterocycles. The number of carbonyl (C=O) groups is 1. The molecule has 0 bridgehead atoms. The minimum atomic E-state index is -0.221. The van der Waals surface area contributed by atoms with Crippen LogP contribution in [0.2, 0.25) is 0 Å². The van der Waals surface area contributed by atoms with Gasteiger partial charge >= 0.3 is 5.69 Å². The molecule has 1 aromatic heterocycles. The van der Waals surface area contributed by atoms with Gasteiger partial charge in [0, 0.05) is 32.2 Å². The summed E-state index contributed by atoms with van der Waals surface area (Å²) in [5, 5.41) is 10.2. The first-order valence-corrected chi connectivity index (χ1v) is 7.88. The number of piperazine rings is 1. The van der Waals surface area contributed by atoms with Crippen LogP contribution < -0.4 is 11.0 Å². The van der Waals surface area contributed by atoms with Crippen LogP contribution in [0.3, 0.4) is 0 Å². The van der Waals surface area contributed by atoms with Crippen molar-refractivity contribution < 1.29 is 4.79 Å². The van der Waals surface area contributed by atoms with Crippen molar-refractivity contribution in [1.82, 2.24) is 25.0 Å². The summed E-state index contributed by atoms with van der Waals surface area (Å²) in [6.07, 6.45) is 2.04. The Bertz CT molecular complexity index is 544. The predicted molar refractivity (Wildman–Crippen MR) is 75.9 cm³/mol. The van der Waals surface area contributed by atoms with Crippen molar-refractivity contribution in [3.8, 4) is 0 Å². The van der Waals surface area contributed by atoms with Crippen molar-refractivity contribution >= 4 is 17.7 Å². The fourth-order valence-corrected chi connectivity index (χ4v) is 3.39. The zero-order valence-electron chi connectivity index (χ0n) is 11.5. The monoisotopic (exact) mass is 297 g/mol. The summed E-state index contributed by atoms with van der Waals surface area (Å²) in [6.45, 7) is 5.07. The molecule has 2 N–H and O–H groups in total. The molecule has 1 saturated heterocycles. The van der Waals surface area contributed by atoms with Crippen LogP contribution in [0.1, 0.15) is 25.8 Å². The van der Waals surface area contributed by atoms with E-state index in [4.69, 9.17) is 0 Å². The third kappa shape index (κ3) is 2.76. The van der Waals surface area contributed by atoms with E-state index in [2.05, 4.69) is 15.5 Å². The van der Waals surface area contributed by atoms with Crippen molar-refractivity contribution in [2.45, 2.75) is 36.2 Å². The number of hydrogen-bond acceptors (Lipinski definition) is 5. The second-order valence-electron chi connectivity index (χ2n) is 5.25. The summed E-state index contributed by atoms with van der Waals surface area (Å²) in [5.41, 5.74) is -0.170. The molecule has 1 atom stereocenters. The van der Waals surface area contributed by atoms with Crippen LogP contribution in [0.4, 0.5) is 0 Å². The molecular formula is C12H19N5O2S. The fraction of sp³-hybridized carbons (Fsp3) is 0.750. The Morgan fingerprint density at radius 2 is 2.10 bits per heavy atom. The maximum absolute atomic E-state index is 12.4. The van der Waals surface area contributed by atoms with E-state index in [0.29, 0.717) is 5.16 Å². The summed E-state index contributed by atoms with van der Waals surface area (Å²) in [5.74, 6) is 0.120. The van der Waals surface area contributed by atoms with Crippen molar-refractivity contribution in [2.24, 2.45) is 0 Å². The largest absolute Gasteiger partial charge is 0.344 e. The van der Waals surface area contributed by atoms with Gasteiger partial charge in [0.25, 0.3) is 0 Å². The molecule has 1 unspecified atom stereocenters. The van der Waals surface area contributed by atoms with Crippen LogP contribution in [-0.4, -0.2) is 57.0 Å². The molecule has 20 heavy (non-hydrogen) atoms. The first kappa shape index (κ1) is 13.7. The molecule has 1 aliphatic carbocycles. The molecule has 8 heteroatoms. The Kier molecular flexibility index (Phi) is 3.84. The topological polar surface area (TPSA) is 83.0 Å². The fourth-order valence-electron chi connectivity index (χ4n) is 2.38. The lowest BCUT2D eigenvalue weighted by Crippen LogP contribution is -2.48. The van der Waals surface area contributed by atoms with E-state index >= 15 is 0 Å². The van der Waals surface area contributed by atoms with Gasteiger partial charge in [-0.1, -0.05) is 11.8 Å². The number of rotatable bonds is 4. The van der Waals surface area contributed by atoms with Crippen molar-refractivity contribution in [3.05, 3.63) is 10.5 Å². The Labute approximate surface area is 121 Å². The minimum Gasteiger partial charge on any atom is -0.339 e. The van der Waals surface area contributed by atoms with Crippen molar-refractivity contribution in [3.63, 3.8) is 0 Å². The number of amides is 1. The molecule has 1 amide bonds. The van der Waals surface area contributed by atoms with Gasteiger partial charge < -0.3 is 10.2 Å². The summed E-state index contributed by atoms with van der Waals surface area (Å²) < 4.78 is 1.69. The van der Waals surface area contributed by atoms with Gasteiger partial charge in [0.2, 0.25) is 5.91 Å². The lowest BCUT2D eigenvalue weighted by Gasteiger charge is -2.29. The Morgan fingerprint density at radius 1 is 1.40 bits per heavy atom. The second kappa shape index (κ2) is 5.61. The highest BCUT2D eigenvalue weighted by atomic mass is 32.2. The Balaban J connectivity index is 1.67. The molecule has 0 spiro atoms. The van der Waals surface area contributed by atoms with Gasteiger partial charge in [-0.05, 0) is 19.8 Å². The zero-order chi connectivity index (χ0) is 14.1. The summed E-state index contributed by atoms with van der Waals surface area (Å²) >= 11 is 1.37. The number of nitrogens with one attached hydrogen (secondary N) is 2. The van der Waals surface area contributed by atoms with Crippen LogP contribution in [0.25, 0.3) is 0 Å². The van der Waals surface area contributed by atoms with Crippen LogP contribution in [0.5, 0.6) is 0 Å². The maximum Gasteiger partial charge on any atom is 0.344 e. The van der Waals surface area contributed by atoms with Gasteiger partial charge in [-0.2, -0.15) is 0 Å². The summed E-state index contributed by atoms with van der Waals surface area (Å²) in [6, 6.07) is 0.269. The Hall–Kier alpha value is -1.28. The zero-order valence-corrected chi connectivity index (χ0v) is 12.3. The highest BCUT2D eigenvalue weighted by molar-refractivity contribution is 8.00.